The zero-order valence-electron chi connectivity index (χ0n) is 9.70. The summed E-state index contributed by atoms with van der Waals surface area (Å²) in [5, 5.41) is 0. The Labute approximate surface area is 86.2 Å². The maximum Gasteiger partial charge on any atom is 0.131 e. The molecule has 0 aliphatic carbocycles. The van der Waals surface area contributed by atoms with Crippen molar-refractivity contribution in [2.24, 2.45) is 0 Å². The van der Waals surface area contributed by atoms with Crippen molar-refractivity contribution in [1.82, 2.24) is 9.97 Å². The number of anilines is 1. The second-order valence-electron chi connectivity index (χ2n) is 4.53. The van der Waals surface area contributed by atoms with Crippen LogP contribution in [0.5, 0.6) is 0 Å². The van der Waals surface area contributed by atoms with Gasteiger partial charge in [0.1, 0.15) is 12.1 Å². The molecule has 14 heavy (non-hydrogen) atoms. The third-order valence-electron chi connectivity index (χ3n) is 2.29. The summed E-state index contributed by atoms with van der Waals surface area (Å²) in [4.78, 5) is 10.6. The van der Waals surface area contributed by atoms with Crippen LogP contribution in [0.1, 0.15) is 33.4 Å². The number of hydrogen-bond donors (Lipinski definition) is 0. The predicted octanol–water partition coefficient (Wildman–Crippen LogP) is 2.23. The van der Waals surface area contributed by atoms with Gasteiger partial charge in [0, 0.05) is 25.1 Å². The Morgan fingerprint density at radius 2 is 1.93 bits per heavy atom. The zero-order chi connectivity index (χ0) is 10.8. The highest BCUT2D eigenvalue weighted by molar-refractivity contribution is 5.38. The average Bonchev–Trinajstić information content (AvgIpc) is 2.15. The topological polar surface area (TPSA) is 29.0 Å². The lowest BCUT2D eigenvalue weighted by Gasteiger charge is -2.21. The first-order valence-electron chi connectivity index (χ1n) is 4.99. The standard InChI is InChI=1S/C11H19N3/c1-6-14(5)10-7-9(11(2,3)4)12-8-13-10/h7-8H,6H2,1-5H3. The van der Waals surface area contributed by atoms with Crippen molar-refractivity contribution in [3.05, 3.63) is 18.1 Å². The molecule has 0 bridgehead atoms. The van der Waals surface area contributed by atoms with Gasteiger partial charge in [-0.2, -0.15) is 0 Å². The van der Waals surface area contributed by atoms with Crippen molar-refractivity contribution < 1.29 is 0 Å². The van der Waals surface area contributed by atoms with Gasteiger partial charge in [0.25, 0.3) is 0 Å². The number of rotatable bonds is 2. The van der Waals surface area contributed by atoms with Crippen molar-refractivity contribution in [2.75, 3.05) is 18.5 Å². The molecule has 0 aliphatic rings. The van der Waals surface area contributed by atoms with Gasteiger partial charge in [0.15, 0.2) is 0 Å². The van der Waals surface area contributed by atoms with E-state index in [2.05, 4.69) is 48.6 Å². The van der Waals surface area contributed by atoms with E-state index in [9.17, 15) is 0 Å². The first-order valence-corrected chi connectivity index (χ1v) is 4.99. The van der Waals surface area contributed by atoms with E-state index in [-0.39, 0.29) is 5.41 Å². The Morgan fingerprint density at radius 3 is 2.43 bits per heavy atom. The van der Waals surface area contributed by atoms with Crippen LogP contribution in [-0.4, -0.2) is 23.6 Å². The van der Waals surface area contributed by atoms with Gasteiger partial charge in [-0.1, -0.05) is 20.8 Å². The van der Waals surface area contributed by atoms with Crippen LogP contribution >= 0.6 is 0 Å². The van der Waals surface area contributed by atoms with Gasteiger partial charge in [-0.05, 0) is 6.92 Å². The summed E-state index contributed by atoms with van der Waals surface area (Å²) < 4.78 is 0. The highest BCUT2D eigenvalue weighted by atomic mass is 15.2. The van der Waals surface area contributed by atoms with Gasteiger partial charge in [-0.15, -0.1) is 0 Å². The van der Waals surface area contributed by atoms with E-state index in [0.717, 1.165) is 18.1 Å². The largest absolute Gasteiger partial charge is 0.360 e. The quantitative estimate of drug-likeness (QED) is 0.721. The molecule has 0 unspecified atom stereocenters. The molecule has 0 aliphatic heterocycles. The fraction of sp³-hybridized carbons (Fsp3) is 0.636. The molecule has 0 radical (unpaired) electrons. The Morgan fingerprint density at radius 1 is 1.29 bits per heavy atom. The number of aromatic nitrogens is 2. The van der Waals surface area contributed by atoms with Crippen LogP contribution in [0.15, 0.2) is 12.4 Å². The van der Waals surface area contributed by atoms with Crippen molar-refractivity contribution >= 4 is 5.82 Å². The fourth-order valence-electron chi connectivity index (χ4n) is 1.13. The van der Waals surface area contributed by atoms with Gasteiger partial charge in [-0.25, -0.2) is 9.97 Å². The van der Waals surface area contributed by atoms with Crippen molar-refractivity contribution in [3.8, 4) is 0 Å². The smallest absolute Gasteiger partial charge is 0.131 e. The second kappa shape index (κ2) is 3.95. The first-order chi connectivity index (χ1) is 6.45. The van der Waals surface area contributed by atoms with Crippen LogP contribution in [0.25, 0.3) is 0 Å². The Balaban J connectivity index is 3.01. The van der Waals surface area contributed by atoms with Crippen LogP contribution in [0, 0.1) is 0 Å². The minimum Gasteiger partial charge on any atom is -0.360 e. The molecule has 78 valence electrons. The maximum absolute atomic E-state index is 4.29. The molecule has 1 heterocycles. The summed E-state index contributed by atoms with van der Waals surface area (Å²) in [7, 11) is 2.04. The van der Waals surface area contributed by atoms with E-state index in [1.54, 1.807) is 6.33 Å². The minimum absolute atomic E-state index is 0.0896. The van der Waals surface area contributed by atoms with Gasteiger partial charge in [0.05, 0.1) is 5.69 Å². The summed E-state index contributed by atoms with van der Waals surface area (Å²) in [6.45, 7) is 9.54. The molecule has 0 saturated carbocycles. The summed E-state index contributed by atoms with van der Waals surface area (Å²) in [5.74, 6) is 0.993. The normalized spacial score (nSPS) is 11.5. The molecule has 3 heteroatoms. The van der Waals surface area contributed by atoms with Gasteiger partial charge in [0.2, 0.25) is 0 Å². The molecule has 0 fully saturated rings. The summed E-state index contributed by atoms with van der Waals surface area (Å²) >= 11 is 0. The van der Waals surface area contributed by atoms with Crippen LogP contribution in [0.3, 0.4) is 0 Å². The molecule has 1 aromatic rings. The van der Waals surface area contributed by atoms with Crippen LogP contribution in [-0.2, 0) is 5.41 Å². The number of hydrogen-bond acceptors (Lipinski definition) is 3. The highest BCUT2D eigenvalue weighted by Crippen LogP contribution is 2.21. The molecule has 0 N–H and O–H groups in total. The molecule has 0 amide bonds. The molecular formula is C11H19N3. The van der Waals surface area contributed by atoms with E-state index in [0.29, 0.717) is 0 Å². The SMILES string of the molecule is CCN(C)c1cc(C(C)(C)C)ncn1. The lowest BCUT2D eigenvalue weighted by Crippen LogP contribution is -2.20. The van der Waals surface area contributed by atoms with E-state index in [4.69, 9.17) is 0 Å². The summed E-state index contributed by atoms with van der Waals surface area (Å²) in [5.41, 5.74) is 1.18. The number of nitrogens with zero attached hydrogens (tertiary/aromatic N) is 3. The van der Waals surface area contributed by atoms with E-state index >= 15 is 0 Å². The predicted molar refractivity (Wildman–Crippen MR) is 59.7 cm³/mol. The van der Waals surface area contributed by atoms with Crippen LogP contribution in [0.4, 0.5) is 5.82 Å². The first kappa shape index (κ1) is 11.0. The molecule has 1 aromatic heterocycles. The van der Waals surface area contributed by atoms with E-state index in [1.807, 2.05) is 7.05 Å². The third-order valence-corrected chi connectivity index (χ3v) is 2.29. The molecule has 0 atom stereocenters. The fourth-order valence-corrected chi connectivity index (χ4v) is 1.13. The monoisotopic (exact) mass is 193 g/mol. The van der Waals surface area contributed by atoms with Crippen LogP contribution < -0.4 is 4.90 Å². The third kappa shape index (κ3) is 2.44. The molecular weight excluding hydrogens is 174 g/mol. The molecule has 0 saturated heterocycles. The Kier molecular flexibility index (Phi) is 3.09. The van der Waals surface area contributed by atoms with E-state index < -0.39 is 0 Å². The van der Waals surface area contributed by atoms with Crippen molar-refractivity contribution in [2.45, 2.75) is 33.1 Å². The molecule has 0 spiro atoms. The Bertz CT molecular complexity index is 302. The molecule has 3 nitrogen and oxygen atoms in total. The second-order valence-corrected chi connectivity index (χ2v) is 4.53. The van der Waals surface area contributed by atoms with Crippen molar-refractivity contribution in [1.29, 1.82) is 0 Å². The van der Waals surface area contributed by atoms with Crippen molar-refractivity contribution in [3.63, 3.8) is 0 Å². The van der Waals surface area contributed by atoms with E-state index in [1.165, 1.54) is 0 Å². The summed E-state index contributed by atoms with van der Waals surface area (Å²) in [6, 6.07) is 2.06. The highest BCUT2D eigenvalue weighted by Gasteiger charge is 2.16. The average molecular weight is 193 g/mol. The molecule has 1 rings (SSSR count). The van der Waals surface area contributed by atoms with Gasteiger partial charge < -0.3 is 4.90 Å². The Hall–Kier alpha value is -1.12. The van der Waals surface area contributed by atoms with Gasteiger partial charge >= 0.3 is 0 Å². The lowest BCUT2D eigenvalue weighted by molar-refractivity contribution is 0.566. The maximum atomic E-state index is 4.29. The minimum atomic E-state index is 0.0896. The zero-order valence-corrected chi connectivity index (χ0v) is 9.70. The van der Waals surface area contributed by atoms with Gasteiger partial charge in [-0.3, -0.25) is 0 Å². The molecule has 0 aromatic carbocycles. The van der Waals surface area contributed by atoms with Crippen LogP contribution in [0.2, 0.25) is 0 Å². The lowest BCUT2D eigenvalue weighted by atomic mass is 9.92. The summed E-state index contributed by atoms with van der Waals surface area (Å²) in [6.07, 6.45) is 1.64.